The Morgan fingerprint density at radius 2 is 1.90 bits per heavy atom. The average Bonchev–Trinajstić information content (AvgIpc) is 2.50. The molecule has 0 amide bonds. The van der Waals surface area contributed by atoms with Gasteiger partial charge in [-0.25, -0.2) is 0 Å². The molecule has 1 heterocycles. The zero-order chi connectivity index (χ0) is 14.4. The number of benzene rings is 1. The fourth-order valence-electron chi connectivity index (χ4n) is 2.14. The molecule has 0 spiro atoms. The minimum absolute atomic E-state index is 0.138. The van der Waals surface area contributed by atoms with Crippen molar-refractivity contribution in [3.05, 3.63) is 65.5 Å². The van der Waals surface area contributed by atoms with Gasteiger partial charge in [0.15, 0.2) is 0 Å². The number of nitrogens with two attached hydrogens (primary N) is 1. The van der Waals surface area contributed by atoms with Crippen molar-refractivity contribution in [2.45, 2.75) is 37.3 Å². The van der Waals surface area contributed by atoms with Crippen LogP contribution in [0.2, 0.25) is 0 Å². The van der Waals surface area contributed by atoms with E-state index in [1.54, 1.807) is 0 Å². The van der Waals surface area contributed by atoms with Crippen LogP contribution in [0, 0.1) is 6.92 Å². The van der Waals surface area contributed by atoms with Crippen molar-refractivity contribution in [2.24, 2.45) is 5.73 Å². The second kappa shape index (κ2) is 7.46. The molecule has 0 saturated carbocycles. The molecule has 20 heavy (non-hydrogen) atoms. The molecule has 0 saturated heterocycles. The van der Waals surface area contributed by atoms with Crippen molar-refractivity contribution in [3.8, 4) is 0 Å². The van der Waals surface area contributed by atoms with Crippen LogP contribution in [-0.2, 0) is 5.75 Å². The van der Waals surface area contributed by atoms with Crippen LogP contribution in [0.15, 0.2) is 48.7 Å². The monoisotopic (exact) mass is 286 g/mol. The van der Waals surface area contributed by atoms with E-state index in [2.05, 4.69) is 49.2 Å². The first-order chi connectivity index (χ1) is 9.72. The lowest BCUT2D eigenvalue weighted by Crippen LogP contribution is -2.26. The first-order valence-electron chi connectivity index (χ1n) is 7.05. The van der Waals surface area contributed by atoms with Crippen LogP contribution in [0.4, 0.5) is 0 Å². The maximum atomic E-state index is 6.29. The highest BCUT2D eigenvalue weighted by Crippen LogP contribution is 2.34. The Hall–Kier alpha value is -1.32. The van der Waals surface area contributed by atoms with Crippen LogP contribution in [0.1, 0.15) is 35.4 Å². The number of thioether (sulfide) groups is 1. The largest absolute Gasteiger partial charge is 0.326 e. The third-order valence-corrected chi connectivity index (χ3v) is 4.95. The maximum Gasteiger partial charge on any atom is 0.0624 e. The molecular weight excluding hydrogens is 264 g/mol. The van der Waals surface area contributed by atoms with Crippen LogP contribution in [0.25, 0.3) is 0 Å². The van der Waals surface area contributed by atoms with Gasteiger partial charge in [0.05, 0.1) is 10.9 Å². The minimum Gasteiger partial charge on any atom is -0.326 e. The summed E-state index contributed by atoms with van der Waals surface area (Å²) in [7, 11) is 0. The normalized spacial score (nSPS) is 13.9. The zero-order valence-electron chi connectivity index (χ0n) is 12.1. The van der Waals surface area contributed by atoms with Gasteiger partial charge in [-0.2, -0.15) is 0 Å². The molecule has 2 unspecified atom stereocenters. The van der Waals surface area contributed by atoms with E-state index in [1.807, 2.05) is 30.1 Å². The second-order valence-corrected chi connectivity index (χ2v) is 6.11. The average molecular weight is 286 g/mol. The number of aromatic nitrogens is 1. The van der Waals surface area contributed by atoms with E-state index in [9.17, 15) is 0 Å². The molecule has 2 nitrogen and oxygen atoms in total. The zero-order valence-corrected chi connectivity index (χ0v) is 12.9. The Labute approximate surface area is 125 Å². The fourth-order valence-corrected chi connectivity index (χ4v) is 3.57. The number of hydrogen-bond acceptors (Lipinski definition) is 3. The Morgan fingerprint density at radius 1 is 1.15 bits per heavy atom. The topological polar surface area (TPSA) is 38.9 Å². The third-order valence-electron chi connectivity index (χ3n) is 3.52. The summed E-state index contributed by atoms with van der Waals surface area (Å²) in [4.78, 5) is 4.48. The standard InChI is InChI=1S/C17H22N2S/c1-3-15(18)17(16-10-6-7-11-19-16)20-12-14-9-5-4-8-13(14)2/h4-11,15,17H,3,12,18H2,1-2H3. The summed E-state index contributed by atoms with van der Waals surface area (Å²) in [5.41, 5.74) is 10.1. The van der Waals surface area contributed by atoms with Crippen molar-refractivity contribution < 1.29 is 0 Å². The number of hydrogen-bond donors (Lipinski definition) is 1. The van der Waals surface area contributed by atoms with Gasteiger partial charge < -0.3 is 5.73 Å². The highest BCUT2D eigenvalue weighted by molar-refractivity contribution is 7.98. The molecule has 2 aromatic rings. The van der Waals surface area contributed by atoms with Gasteiger partial charge in [-0.1, -0.05) is 37.3 Å². The number of aryl methyl sites for hydroxylation is 1. The van der Waals surface area contributed by atoms with E-state index >= 15 is 0 Å². The summed E-state index contributed by atoms with van der Waals surface area (Å²) in [6, 6.07) is 14.7. The number of rotatable bonds is 6. The van der Waals surface area contributed by atoms with Crippen LogP contribution >= 0.6 is 11.8 Å². The molecule has 106 valence electrons. The summed E-state index contributed by atoms with van der Waals surface area (Å²) in [5.74, 6) is 0.974. The summed E-state index contributed by atoms with van der Waals surface area (Å²) in [6.07, 6.45) is 2.81. The lowest BCUT2D eigenvalue weighted by atomic mass is 10.1. The van der Waals surface area contributed by atoms with Gasteiger partial charge in [-0.15, -0.1) is 11.8 Å². The highest BCUT2D eigenvalue weighted by Gasteiger charge is 2.20. The number of nitrogens with zero attached hydrogens (tertiary/aromatic N) is 1. The van der Waals surface area contributed by atoms with E-state index in [4.69, 9.17) is 5.73 Å². The molecule has 0 aliphatic carbocycles. The highest BCUT2D eigenvalue weighted by atomic mass is 32.2. The lowest BCUT2D eigenvalue weighted by molar-refractivity contribution is 0.624. The van der Waals surface area contributed by atoms with Crippen molar-refractivity contribution in [2.75, 3.05) is 0 Å². The van der Waals surface area contributed by atoms with Crippen molar-refractivity contribution >= 4 is 11.8 Å². The van der Waals surface area contributed by atoms with Crippen molar-refractivity contribution in [1.29, 1.82) is 0 Å². The van der Waals surface area contributed by atoms with Crippen LogP contribution in [0.3, 0.4) is 0 Å². The van der Waals surface area contributed by atoms with Gasteiger partial charge in [0, 0.05) is 18.0 Å². The molecule has 1 aromatic carbocycles. The van der Waals surface area contributed by atoms with Gasteiger partial charge in [-0.05, 0) is 36.6 Å². The Balaban J connectivity index is 2.11. The van der Waals surface area contributed by atoms with E-state index in [1.165, 1.54) is 11.1 Å². The van der Waals surface area contributed by atoms with Gasteiger partial charge in [0.25, 0.3) is 0 Å². The van der Waals surface area contributed by atoms with Gasteiger partial charge >= 0.3 is 0 Å². The molecular formula is C17H22N2S. The smallest absolute Gasteiger partial charge is 0.0624 e. The molecule has 0 aliphatic heterocycles. The quantitative estimate of drug-likeness (QED) is 0.869. The molecule has 2 rings (SSSR count). The van der Waals surface area contributed by atoms with Crippen LogP contribution in [-0.4, -0.2) is 11.0 Å². The Morgan fingerprint density at radius 3 is 2.55 bits per heavy atom. The van der Waals surface area contributed by atoms with E-state index in [0.717, 1.165) is 17.9 Å². The van der Waals surface area contributed by atoms with E-state index in [-0.39, 0.29) is 11.3 Å². The lowest BCUT2D eigenvalue weighted by Gasteiger charge is -2.22. The molecule has 0 bridgehead atoms. The molecule has 0 radical (unpaired) electrons. The van der Waals surface area contributed by atoms with Gasteiger partial charge in [0.2, 0.25) is 0 Å². The van der Waals surface area contributed by atoms with Crippen molar-refractivity contribution in [1.82, 2.24) is 4.98 Å². The third kappa shape index (κ3) is 3.84. The molecule has 2 N–H and O–H groups in total. The fraction of sp³-hybridized carbons (Fsp3) is 0.353. The Bertz CT molecular complexity index is 528. The van der Waals surface area contributed by atoms with Gasteiger partial charge in [0.1, 0.15) is 0 Å². The number of pyridine rings is 1. The summed E-state index contributed by atoms with van der Waals surface area (Å²) in [5, 5.41) is 0.251. The summed E-state index contributed by atoms with van der Waals surface area (Å²) in [6.45, 7) is 4.29. The maximum absolute atomic E-state index is 6.29. The Kier molecular flexibility index (Phi) is 5.62. The van der Waals surface area contributed by atoms with Crippen LogP contribution < -0.4 is 5.73 Å². The molecule has 2 atom stereocenters. The SMILES string of the molecule is CCC(N)C(SCc1ccccc1C)c1ccccn1. The van der Waals surface area contributed by atoms with E-state index < -0.39 is 0 Å². The van der Waals surface area contributed by atoms with Crippen molar-refractivity contribution in [3.63, 3.8) is 0 Å². The minimum atomic E-state index is 0.138. The summed E-state index contributed by atoms with van der Waals surface area (Å²) >= 11 is 1.89. The molecule has 1 aromatic heterocycles. The van der Waals surface area contributed by atoms with Crippen LogP contribution in [0.5, 0.6) is 0 Å². The van der Waals surface area contributed by atoms with E-state index in [0.29, 0.717) is 0 Å². The molecule has 3 heteroatoms. The van der Waals surface area contributed by atoms with Gasteiger partial charge in [-0.3, -0.25) is 4.98 Å². The summed E-state index contributed by atoms with van der Waals surface area (Å²) < 4.78 is 0. The molecule has 0 fully saturated rings. The first kappa shape index (κ1) is 15.1. The molecule has 0 aliphatic rings. The predicted octanol–water partition coefficient (Wildman–Crippen LogP) is 4.10. The first-order valence-corrected chi connectivity index (χ1v) is 8.10. The predicted molar refractivity (Wildman–Crippen MR) is 87.7 cm³/mol. The second-order valence-electron chi connectivity index (χ2n) is 4.98.